The van der Waals surface area contributed by atoms with E-state index in [1.807, 2.05) is 0 Å². The van der Waals surface area contributed by atoms with Crippen molar-refractivity contribution in [1.29, 1.82) is 0 Å². The van der Waals surface area contributed by atoms with Gasteiger partial charge in [0, 0.05) is 30.6 Å². The van der Waals surface area contributed by atoms with E-state index in [9.17, 15) is 22.4 Å². The van der Waals surface area contributed by atoms with Crippen LogP contribution >= 0.6 is 0 Å². The number of ketones is 1. The maximum atomic E-state index is 13.1. The van der Waals surface area contributed by atoms with Crippen molar-refractivity contribution in [3.63, 3.8) is 0 Å². The molecule has 0 spiro atoms. The second-order valence-corrected chi connectivity index (χ2v) is 9.30. The third-order valence-electron chi connectivity index (χ3n) is 5.17. The monoisotopic (exact) mass is 448 g/mol. The highest BCUT2D eigenvalue weighted by atomic mass is 32.2. The number of Topliss-reactive ketones (excluding diaryl/α,β-unsaturated/α-hetero) is 1. The normalized spacial score (nSPS) is 15.4. The van der Waals surface area contributed by atoms with Crippen molar-refractivity contribution >= 4 is 21.7 Å². The number of hydrogen-bond donors (Lipinski definition) is 1. The quantitative estimate of drug-likeness (QED) is 0.495. The van der Waals surface area contributed by atoms with Crippen molar-refractivity contribution in [3.8, 4) is 5.75 Å². The average molecular weight is 449 g/mol. The first-order chi connectivity index (χ1) is 14.8. The number of rotatable bonds is 8. The molecule has 166 valence electrons. The number of hydrogen-bond acceptors (Lipinski definition) is 5. The van der Waals surface area contributed by atoms with E-state index >= 15 is 0 Å². The van der Waals surface area contributed by atoms with Crippen molar-refractivity contribution in [2.75, 3.05) is 26.2 Å². The molecule has 0 aliphatic carbocycles. The summed E-state index contributed by atoms with van der Waals surface area (Å²) in [6.45, 7) is 2.31. The van der Waals surface area contributed by atoms with Crippen LogP contribution in [0.3, 0.4) is 0 Å². The van der Waals surface area contributed by atoms with Crippen LogP contribution < -0.4 is 10.1 Å². The fraction of sp³-hybridized carbons (Fsp3) is 0.364. The number of halogens is 1. The van der Waals surface area contributed by atoms with Gasteiger partial charge in [0.15, 0.2) is 5.78 Å². The third kappa shape index (κ3) is 5.89. The van der Waals surface area contributed by atoms with Crippen molar-refractivity contribution < 1.29 is 27.1 Å². The van der Waals surface area contributed by atoms with E-state index < -0.39 is 15.8 Å². The predicted octanol–water partition coefficient (Wildman–Crippen LogP) is 2.62. The SMILES string of the molecule is CC(=O)c1cccc(S(=O)(=O)N2CCC(C(=O)NCCOc3cccc(F)c3)CC2)c1. The zero-order valence-corrected chi connectivity index (χ0v) is 18.0. The van der Waals surface area contributed by atoms with Gasteiger partial charge in [0.2, 0.25) is 15.9 Å². The lowest BCUT2D eigenvalue weighted by Gasteiger charge is -2.30. The molecule has 0 radical (unpaired) electrons. The van der Waals surface area contributed by atoms with E-state index in [0.717, 1.165) is 0 Å². The summed E-state index contributed by atoms with van der Waals surface area (Å²) in [5.41, 5.74) is 0.343. The zero-order valence-electron chi connectivity index (χ0n) is 17.2. The maximum Gasteiger partial charge on any atom is 0.243 e. The molecular formula is C22H25FN2O5S. The molecule has 1 saturated heterocycles. The molecule has 3 rings (SSSR count). The van der Waals surface area contributed by atoms with Gasteiger partial charge in [-0.15, -0.1) is 0 Å². The molecular weight excluding hydrogens is 423 g/mol. The van der Waals surface area contributed by atoms with E-state index in [-0.39, 0.29) is 48.7 Å². The lowest BCUT2D eigenvalue weighted by Crippen LogP contribution is -2.43. The second-order valence-electron chi connectivity index (χ2n) is 7.36. The molecule has 2 aromatic carbocycles. The fourth-order valence-electron chi connectivity index (χ4n) is 3.43. The van der Waals surface area contributed by atoms with Crippen LogP contribution in [0.25, 0.3) is 0 Å². The smallest absolute Gasteiger partial charge is 0.243 e. The van der Waals surface area contributed by atoms with Gasteiger partial charge in [-0.25, -0.2) is 12.8 Å². The number of benzene rings is 2. The molecule has 0 unspecified atom stereocenters. The Morgan fingerprint density at radius 1 is 1.13 bits per heavy atom. The van der Waals surface area contributed by atoms with Crippen LogP contribution in [0.2, 0.25) is 0 Å². The first kappa shape index (κ1) is 22.9. The first-order valence-corrected chi connectivity index (χ1v) is 11.5. The summed E-state index contributed by atoms with van der Waals surface area (Å²) in [7, 11) is -3.72. The standard InChI is InChI=1S/C22H25FN2O5S/c1-16(26)18-4-2-7-21(14-18)31(28,29)25-11-8-17(9-12-25)22(27)24-10-13-30-20-6-3-5-19(23)15-20/h2-7,14-15,17H,8-13H2,1H3,(H,24,27). The lowest BCUT2D eigenvalue weighted by atomic mass is 9.97. The Morgan fingerprint density at radius 2 is 1.84 bits per heavy atom. The van der Waals surface area contributed by atoms with Crippen molar-refractivity contribution in [3.05, 3.63) is 59.9 Å². The van der Waals surface area contributed by atoms with E-state index in [1.165, 1.54) is 35.5 Å². The molecule has 1 amide bonds. The molecule has 0 atom stereocenters. The summed E-state index contributed by atoms with van der Waals surface area (Å²) in [4.78, 5) is 24.0. The Bertz CT molecular complexity index is 1050. The largest absolute Gasteiger partial charge is 0.492 e. The molecule has 0 aromatic heterocycles. The average Bonchev–Trinajstić information content (AvgIpc) is 2.77. The zero-order chi connectivity index (χ0) is 22.4. The minimum absolute atomic E-state index is 0.0811. The predicted molar refractivity (Wildman–Crippen MR) is 113 cm³/mol. The number of piperidine rings is 1. The molecule has 1 heterocycles. The molecule has 2 aromatic rings. The molecule has 9 heteroatoms. The highest BCUT2D eigenvalue weighted by Crippen LogP contribution is 2.24. The van der Waals surface area contributed by atoms with Crippen LogP contribution in [-0.4, -0.2) is 50.7 Å². The van der Waals surface area contributed by atoms with Crippen LogP contribution in [0.4, 0.5) is 4.39 Å². The van der Waals surface area contributed by atoms with Crippen molar-refractivity contribution in [1.82, 2.24) is 9.62 Å². The highest BCUT2D eigenvalue weighted by molar-refractivity contribution is 7.89. The van der Waals surface area contributed by atoms with E-state index in [1.54, 1.807) is 24.3 Å². The van der Waals surface area contributed by atoms with Crippen LogP contribution in [0.1, 0.15) is 30.1 Å². The number of nitrogens with zero attached hydrogens (tertiary/aromatic N) is 1. The molecule has 0 saturated carbocycles. The molecule has 31 heavy (non-hydrogen) atoms. The second kappa shape index (κ2) is 10.0. The van der Waals surface area contributed by atoms with Crippen LogP contribution in [0.5, 0.6) is 5.75 Å². The lowest BCUT2D eigenvalue weighted by molar-refractivity contribution is -0.126. The molecule has 1 aliphatic heterocycles. The van der Waals surface area contributed by atoms with Crippen LogP contribution in [-0.2, 0) is 14.8 Å². The molecule has 1 aliphatic rings. The number of nitrogens with one attached hydrogen (secondary N) is 1. The number of carbonyl (C=O) groups is 2. The van der Waals surface area contributed by atoms with Gasteiger partial charge in [-0.3, -0.25) is 9.59 Å². The molecule has 1 N–H and O–H groups in total. The van der Waals surface area contributed by atoms with Crippen molar-refractivity contribution in [2.24, 2.45) is 5.92 Å². The maximum absolute atomic E-state index is 13.1. The fourth-order valence-corrected chi connectivity index (χ4v) is 4.94. The van der Waals surface area contributed by atoms with Crippen molar-refractivity contribution in [2.45, 2.75) is 24.7 Å². The van der Waals surface area contributed by atoms with Gasteiger partial charge in [0.1, 0.15) is 18.2 Å². The van der Waals surface area contributed by atoms with Gasteiger partial charge in [-0.2, -0.15) is 4.31 Å². The Hall–Kier alpha value is -2.78. The number of carbonyl (C=O) groups excluding carboxylic acids is 2. The summed E-state index contributed by atoms with van der Waals surface area (Å²) in [5, 5.41) is 2.78. The number of ether oxygens (including phenoxy) is 1. The van der Waals surface area contributed by atoms with Gasteiger partial charge >= 0.3 is 0 Å². The van der Waals surface area contributed by atoms with Gasteiger partial charge in [-0.05, 0) is 44.0 Å². The van der Waals surface area contributed by atoms with E-state index in [0.29, 0.717) is 24.2 Å². The third-order valence-corrected chi connectivity index (χ3v) is 7.06. The number of sulfonamides is 1. The topological polar surface area (TPSA) is 92.8 Å². The van der Waals surface area contributed by atoms with Gasteiger partial charge in [0.25, 0.3) is 0 Å². The Balaban J connectivity index is 1.47. The Morgan fingerprint density at radius 3 is 2.52 bits per heavy atom. The van der Waals surface area contributed by atoms with Crippen LogP contribution in [0, 0.1) is 11.7 Å². The van der Waals surface area contributed by atoms with Crippen LogP contribution in [0.15, 0.2) is 53.4 Å². The minimum atomic E-state index is -3.72. The van der Waals surface area contributed by atoms with Gasteiger partial charge in [0.05, 0.1) is 11.4 Å². The molecule has 1 fully saturated rings. The minimum Gasteiger partial charge on any atom is -0.492 e. The van der Waals surface area contributed by atoms with E-state index in [4.69, 9.17) is 4.74 Å². The van der Waals surface area contributed by atoms with E-state index in [2.05, 4.69) is 5.32 Å². The first-order valence-electron chi connectivity index (χ1n) is 10.0. The summed E-state index contributed by atoms with van der Waals surface area (Å²) < 4.78 is 45.6. The van der Waals surface area contributed by atoms with Gasteiger partial charge < -0.3 is 10.1 Å². The molecule has 0 bridgehead atoms. The van der Waals surface area contributed by atoms with Gasteiger partial charge in [-0.1, -0.05) is 18.2 Å². The highest BCUT2D eigenvalue weighted by Gasteiger charge is 2.32. The Labute approximate surface area is 181 Å². The number of amides is 1. The molecule has 7 nitrogen and oxygen atoms in total. The summed E-state index contributed by atoms with van der Waals surface area (Å²) in [6.07, 6.45) is 0.810. The summed E-state index contributed by atoms with van der Waals surface area (Å²) >= 11 is 0. The summed E-state index contributed by atoms with van der Waals surface area (Å²) in [6, 6.07) is 11.7. The Kier molecular flexibility index (Phi) is 7.40. The summed E-state index contributed by atoms with van der Waals surface area (Å²) in [5.74, 6) is -0.644.